The number of hydrogen-bond acceptors (Lipinski definition) is 3. The van der Waals surface area contributed by atoms with Crippen molar-refractivity contribution < 1.29 is 18.6 Å². The number of nitrogens with two attached hydrogens (primary N) is 1. The molecule has 3 nitrogen and oxygen atoms in total. The van der Waals surface area contributed by atoms with Crippen LogP contribution in [0, 0.1) is 5.92 Å². The van der Waals surface area contributed by atoms with Crippen LogP contribution in [-0.4, -0.2) is 24.2 Å². The Morgan fingerprint density at radius 3 is 2.43 bits per heavy atom. The summed E-state index contributed by atoms with van der Waals surface area (Å²) in [7, 11) is 0. The number of hydrogen-bond donors (Lipinski definition) is 2. The molecule has 1 atom stereocenters. The highest BCUT2D eigenvalue weighted by Crippen LogP contribution is 2.36. The smallest absolute Gasteiger partial charge is 0.248 e. The highest BCUT2D eigenvalue weighted by molar-refractivity contribution is 5.29. The van der Waals surface area contributed by atoms with E-state index < -0.39 is 5.92 Å². The topological polar surface area (TPSA) is 55.5 Å². The summed E-state index contributed by atoms with van der Waals surface area (Å²) in [6.45, 7) is 0.545. The lowest BCUT2D eigenvalue weighted by atomic mass is 9.87. The predicted molar refractivity (Wildman–Crippen MR) is 77.5 cm³/mol. The summed E-state index contributed by atoms with van der Waals surface area (Å²) in [5, 5.41) is 8.86. The zero-order valence-corrected chi connectivity index (χ0v) is 12.1. The van der Waals surface area contributed by atoms with E-state index in [-0.39, 0.29) is 31.4 Å². The molecule has 1 saturated carbocycles. The van der Waals surface area contributed by atoms with Crippen LogP contribution in [0.5, 0.6) is 5.75 Å². The number of aliphatic hydroxyl groups is 1. The first-order valence-corrected chi connectivity index (χ1v) is 7.47. The zero-order chi connectivity index (χ0) is 15.3. The first kappa shape index (κ1) is 16.2. The molecule has 0 amide bonds. The Kier molecular flexibility index (Phi) is 5.53. The third-order valence-electron chi connectivity index (χ3n) is 4.07. The van der Waals surface area contributed by atoms with Gasteiger partial charge in [-0.25, -0.2) is 8.78 Å². The summed E-state index contributed by atoms with van der Waals surface area (Å²) in [5.74, 6) is -1.55. The van der Waals surface area contributed by atoms with E-state index in [1.54, 1.807) is 0 Å². The lowest BCUT2D eigenvalue weighted by Gasteiger charge is -2.28. The van der Waals surface area contributed by atoms with Crippen molar-refractivity contribution in [2.75, 3.05) is 13.2 Å². The van der Waals surface area contributed by atoms with Gasteiger partial charge in [-0.3, -0.25) is 0 Å². The van der Waals surface area contributed by atoms with Crippen molar-refractivity contribution in [1.29, 1.82) is 0 Å². The molecule has 1 fully saturated rings. The van der Waals surface area contributed by atoms with Gasteiger partial charge in [0.1, 0.15) is 5.75 Å². The van der Waals surface area contributed by atoms with Gasteiger partial charge in [0.25, 0.3) is 0 Å². The van der Waals surface area contributed by atoms with Gasteiger partial charge >= 0.3 is 0 Å². The molecular formula is C16H23F2NO2. The average Bonchev–Trinajstić information content (AvgIpc) is 2.47. The van der Waals surface area contributed by atoms with Gasteiger partial charge in [-0.05, 0) is 42.9 Å². The number of ether oxygens (including phenoxy) is 1. The fraction of sp³-hybridized carbons (Fsp3) is 0.625. The molecule has 3 N–H and O–H groups in total. The molecule has 0 bridgehead atoms. The van der Waals surface area contributed by atoms with Gasteiger partial charge in [-0.15, -0.1) is 0 Å². The standard InChI is InChI=1S/C16H23F2NO2/c17-16(18)8-5-12(6-9-16)11-21-14-3-1-13(2-4-14)15(19)7-10-20/h1-4,12,15,20H,5-11,19H2. The van der Waals surface area contributed by atoms with E-state index in [4.69, 9.17) is 15.6 Å². The van der Waals surface area contributed by atoms with Crippen molar-refractivity contribution in [3.05, 3.63) is 29.8 Å². The van der Waals surface area contributed by atoms with E-state index in [1.165, 1.54) is 0 Å². The molecule has 21 heavy (non-hydrogen) atoms. The van der Waals surface area contributed by atoms with Crippen LogP contribution in [-0.2, 0) is 0 Å². The third-order valence-corrected chi connectivity index (χ3v) is 4.07. The van der Waals surface area contributed by atoms with Gasteiger partial charge in [0.05, 0.1) is 6.61 Å². The van der Waals surface area contributed by atoms with Crippen LogP contribution in [0.2, 0.25) is 0 Å². The van der Waals surface area contributed by atoms with Crippen LogP contribution < -0.4 is 10.5 Å². The lowest BCUT2D eigenvalue weighted by molar-refractivity contribution is -0.0498. The van der Waals surface area contributed by atoms with Gasteiger partial charge < -0.3 is 15.6 Å². The monoisotopic (exact) mass is 299 g/mol. The molecule has 0 heterocycles. The second-order valence-corrected chi connectivity index (χ2v) is 5.80. The first-order valence-electron chi connectivity index (χ1n) is 7.47. The molecular weight excluding hydrogens is 276 g/mol. The molecule has 1 aliphatic rings. The molecule has 0 saturated heterocycles. The van der Waals surface area contributed by atoms with Crippen molar-refractivity contribution in [1.82, 2.24) is 0 Å². The van der Waals surface area contributed by atoms with Gasteiger partial charge in [0, 0.05) is 25.5 Å². The van der Waals surface area contributed by atoms with E-state index in [0.29, 0.717) is 25.9 Å². The van der Waals surface area contributed by atoms with E-state index in [2.05, 4.69) is 0 Å². The average molecular weight is 299 g/mol. The second-order valence-electron chi connectivity index (χ2n) is 5.80. The SMILES string of the molecule is NC(CCO)c1ccc(OCC2CCC(F)(F)CC2)cc1. The second kappa shape index (κ2) is 7.18. The fourth-order valence-corrected chi connectivity index (χ4v) is 2.60. The quantitative estimate of drug-likeness (QED) is 0.847. The molecule has 118 valence electrons. The summed E-state index contributed by atoms with van der Waals surface area (Å²) >= 11 is 0. The molecule has 0 aromatic heterocycles. The highest BCUT2D eigenvalue weighted by Gasteiger charge is 2.34. The number of alkyl halides is 2. The maximum atomic E-state index is 13.1. The van der Waals surface area contributed by atoms with E-state index in [9.17, 15) is 8.78 Å². The van der Waals surface area contributed by atoms with Crippen LogP contribution in [0.25, 0.3) is 0 Å². The minimum absolute atomic E-state index is 0.0318. The Bertz CT molecular complexity index is 426. The van der Waals surface area contributed by atoms with E-state index in [1.807, 2.05) is 24.3 Å². The summed E-state index contributed by atoms with van der Waals surface area (Å²) in [4.78, 5) is 0. The Balaban J connectivity index is 1.79. The van der Waals surface area contributed by atoms with Crippen LogP contribution in [0.4, 0.5) is 8.78 Å². The van der Waals surface area contributed by atoms with Crippen molar-refractivity contribution in [3.63, 3.8) is 0 Å². The Morgan fingerprint density at radius 1 is 1.24 bits per heavy atom. The molecule has 1 aromatic carbocycles. The van der Waals surface area contributed by atoms with Crippen molar-refractivity contribution in [2.24, 2.45) is 11.7 Å². The molecule has 5 heteroatoms. The number of aliphatic hydroxyl groups excluding tert-OH is 1. The predicted octanol–water partition coefficient (Wildman–Crippen LogP) is 3.27. The number of rotatable bonds is 6. The maximum Gasteiger partial charge on any atom is 0.248 e. The lowest BCUT2D eigenvalue weighted by Crippen LogP contribution is -2.27. The van der Waals surface area contributed by atoms with Crippen molar-refractivity contribution >= 4 is 0 Å². The summed E-state index contributed by atoms with van der Waals surface area (Å²) in [6.07, 6.45) is 1.50. The van der Waals surface area contributed by atoms with Crippen LogP contribution in [0.1, 0.15) is 43.7 Å². The molecule has 0 radical (unpaired) electrons. The third kappa shape index (κ3) is 4.93. The van der Waals surface area contributed by atoms with Gasteiger partial charge in [0.15, 0.2) is 0 Å². The Hall–Kier alpha value is -1.20. The normalized spacial score (nSPS) is 20.2. The summed E-state index contributed by atoms with van der Waals surface area (Å²) in [6, 6.07) is 7.26. The summed E-state index contributed by atoms with van der Waals surface area (Å²) < 4.78 is 31.8. The van der Waals surface area contributed by atoms with E-state index in [0.717, 1.165) is 11.3 Å². The van der Waals surface area contributed by atoms with Gasteiger partial charge in [-0.2, -0.15) is 0 Å². The fourth-order valence-electron chi connectivity index (χ4n) is 2.60. The number of halogens is 2. The Morgan fingerprint density at radius 2 is 1.86 bits per heavy atom. The minimum atomic E-state index is -2.49. The molecule has 2 rings (SSSR count). The van der Waals surface area contributed by atoms with Crippen molar-refractivity contribution in [2.45, 2.75) is 44.1 Å². The zero-order valence-electron chi connectivity index (χ0n) is 12.1. The molecule has 1 unspecified atom stereocenters. The van der Waals surface area contributed by atoms with Crippen LogP contribution >= 0.6 is 0 Å². The first-order chi connectivity index (χ1) is 10.00. The minimum Gasteiger partial charge on any atom is -0.493 e. The van der Waals surface area contributed by atoms with Gasteiger partial charge in [-0.1, -0.05) is 12.1 Å². The Labute approximate surface area is 124 Å². The molecule has 0 spiro atoms. The van der Waals surface area contributed by atoms with Crippen molar-refractivity contribution in [3.8, 4) is 5.75 Å². The maximum absolute atomic E-state index is 13.1. The summed E-state index contributed by atoms with van der Waals surface area (Å²) in [5.41, 5.74) is 6.85. The largest absolute Gasteiger partial charge is 0.493 e. The highest BCUT2D eigenvalue weighted by atomic mass is 19.3. The van der Waals surface area contributed by atoms with Gasteiger partial charge in [0.2, 0.25) is 5.92 Å². The molecule has 1 aromatic rings. The van der Waals surface area contributed by atoms with E-state index >= 15 is 0 Å². The molecule has 0 aliphatic heterocycles. The molecule has 1 aliphatic carbocycles. The number of benzene rings is 1. The van der Waals surface area contributed by atoms with Crippen LogP contribution in [0.15, 0.2) is 24.3 Å². The van der Waals surface area contributed by atoms with Crippen LogP contribution in [0.3, 0.4) is 0 Å².